The molecule has 2 N–H and O–H groups in total. The normalized spacial score (nSPS) is 12.3. The minimum atomic E-state index is -0.595. The molecule has 0 aliphatic heterocycles. The standard InChI is InChI=1S/C17H15ClN2O2S/c1-10(21)9-19-17(22)12-8-14(15-6-7-16(18)23-15)20-13-5-3-2-4-11(12)13/h2-8,10,21H,9H2,1H3,(H,19,22). The van der Waals surface area contributed by atoms with Crippen molar-refractivity contribution in [1.29, 1.82) is 0 Å². The van der Waals surface area contributed by atoms with Crippen LogP contribution in [0.2, 0.25) is 4.34 Å². The highest BCUT2D eigenvalue weighted by Gasteiger charge is 2.15. The van der Waals surface area contributed by atoms with Gasteiger partial charge in [-0.25, -0.2) is 4.98 Å². The Morgan fingerprint density at radius 2 is 2.13 bits per heavy atom. The van der Waals surface area contributed by atoms with Crippen LogP contribution in [-0.4, -0.2) is 28.6 Å². The van der Waals surface area contributed by atoms with Gasteiger partial charge in [-0.05, 0) is 31.2 Å². The summed E-state index contributed by atoms with van der Waals surface area (Å²) in [5.41, 5.74) is 2.00. The molecular formula is C17H15ClN2O2S. The minimum absolute atomic E-state index is 0.204. The van der Waals surface area contributed by atoms with E-state index in [9.17, 15) is 9.90 Å². The summed E-state index contributed by atoms with van der Waals surface area (Å²) in [4.78, 5) is 18.0. The number of amides is 1. The topological polar surface area (TPSA) is 62.2 Å². The molecule has 0 saturated heterocycles. The molecule has 3 aromatic rings. The molecule has 4 nitrogen and oxygen atoms in total. The van der Waals surface area contributed by atoms with Gasteiger partial charge in [0.05, 0.1) is 32.1 Å². The second kappa shape index (κ2) is 6.66. The summed E-state index contributed by atoms with van der Waals surface area (Å²) in [6.45, 7) is 1.83. The zero-order chi connectivity index (χ0) is 16.4. The van der Waals surface area contributed by atoms with Crippen molar-refractivity contribution < 1.29 is 9.90 Å². The number of benzene rings is 1. The third-order valence-corrected chi connectivity index (χ3v) is 4.60. The third-order valence-electron chi connectivity index (χ3n) is 3.34. The fraction of sp³-hybridized carbons (Fsp3) is 0.176. The number of pyridine rings is 1. The van der Waals surface area contributed by atoms with E-state index in [0.717, 1.165) is 15.8 Å². The van der Waals surface area contributed by atoms with Crippen molar-refractivity contribution in [2.45, 2.75) is 13.0 Å². The second-order valence-electron chi connectivity index (χ2n) is 5.24. The van der Waals surface area contributed by atoms with E-state index >= 15 is 0 Å². The third kappa shape index (κ3) is 3.52. The lowest BCUT2D eigenvalue weighted by molar-refractivity contribution is 0.0925. The fourth-order valence-electron chi connectivity index (χ4n) is 2.28. The highest BCUT2D eigenvalue weighted by atomic mass is 35.5. The van der Waals surface area contributed by atoms with Gasteiger partial charge in [-0.15, -0.1) is 11.3 Å². The molecule has 1 aromatic carbocycles. The summed E-state index contributed by atoms with van der Waals surface area (Å²) in [5.74, 6) is -0.228. The first kappa shape index (κ1) is 15.9. The Morgan fingerprint density at radius 3 is 2.83 bits per heavy atom. The summed E-state index contributed by atoms with van der Waals surface area (Å²) in [5, 5.41) is 12.9. The van der Waals surface area contributed by atoms with Crippen LogP contribution in [0.4, 0.5) is 0 Å². The Labute approximate surface area is 142 Å². The highest BCUT2D eigenvalue weighted by molar-refractivity contribution is 7.19. The van der Waals surface area contributed by atoms with E-state index in [2.05, 4.69) is 10.3 Å². The number of nitrogens with zero attached hydrogens (tertiary/aromatic N) is 1. The van der Waals surface area contributed by atoms with Crippen molar-refractivity contribution in [3.8, 4) is 10.6 Å². The molecule has 3 rings (SSSR count). The number of carbonyl (C=O) groups excluding carboxylic acids is 1. The second-order valence-corrected chi connectivity index (χ2v) is 6.95. The predicted molar refractivity (Wildman–Crippen MR) is 94.1 cm³/mol. The Hall–Kier alpha value is -1.95. The van der Waals surface area contributed by atoms with Gasteiger partial charge < -0.3 is 10.4 Å². The lowest BCUT2D eigenvalue weighted by Gasteiger charge is -2.11. The van der Waals surface area contributed by atoms with E-state index < -0.39 is 6.10 Å². The molecule has 0 saturated carbocycles. The predicted octanol–water partition coefficient (Wildman–Crippen LogP) is 3.73. The number of rotatable bonds is 4. The number of thiophene rings is 1. The van der Waals surface area contributed by atoms with Gasteiger partial charge in [0.2, 0.25) is 0 Å². The Kier molecular flexibility index (Phi) is 4.61. The van der Waals surface area contributed by atoms with E-state index in [1.807, 2.05) is 36.4 Å². The largest absolute Gasteiger partial charge is 0.392 e. The molecule has 0 fully saturated rings. The summed E-state index contributed by atoms with van der Waals surface area (Å²) in [6.07, 6.45) is -0.595. The average molecular weight is 347 g/mol. The van der Waals surface area contributed by atoms with Gasteiger partial charge in [0.15, 0.2) is 0 Å². The van der Waals surface area contributed by atoms with E-state index in [1.54, 1.807) is 13.0 Å². The average Bonchev–Trinajstić information content (AvgIpc) is 2.98. The maximum Gasteiger partial charge on any atom is 0.252 e. The van der Waals surface area contributed by atoms with Gasteiger partial charge >= 0.3 is 0 Å². The zero-order valence-corrected chi connectivity index (χ0v) is 14.0. The number of carbonyl (C=O) groups is 1. The zero-order valence-electron chi connectivity index (χ0n) is 12.4. The molecule has 2 aromatic heterocycles. The molecule has 23 heavy (non-hydrogen) atoms. The minimum Gasteiger partial charge on any atom is -0.392 e. The maximum atomic E-state index is 12.5. The Morgan fingerprint density at radius 1 is 1.35 bits per heavy atom. The molecule has 118 valence electrons. The SMILES string of the molecule is CC(O)CNC(=O)c1cc(-c2ccc(Cl)s2)nc2ccccc12. The van der Waals surface area contributed by atoms with Crippen LogP contribution in [0.5, 0.6) is 0 Å². The summed E-state index contributed by atoms with van der Waals surface area (Å²) in [6, 6.07) is 13.0. The number of aliphatic hydroxyl groups excluding tert-OH is 1. The highest BCUT2D eigenvalue weighted by Crippen LogP contribution is 2.32. The quantitative estimate of drug-likeness (QED) is 0.756. The van der Waals surface area contributed by atoms with Gasteiger partial charge in [-0.3, -0.25) is 4.79 Å². The van der Waals surface area contributed by atoms with E-state index in [-0.39, 0.29) is 12.5 Å². The van der Waals surface area contributed by atoms with Gasteiger partial charge in [0.1, 0.15) is 0 Å². The smallest absolute Gasteiger partial charge is 0.252 e. The van der Waals surface area contributed by atoms with Crippen LogP contribution >= 0.6 is 22.9 Å². The molecule has 0 bridgehead atoms. The number of fused-ring (bicyclic) bond motifs is 1. The number of hydrogen-bond donors (Lipinski definition) is 2. The first-order valence-electron chi connectivity index (χ1n) is 7.16. The van der Waals surface area contributed by atoms with Crippen molar-refractivity contribution in [3.05, 3.63) is 52.4 Å². The monoisotopic (exact) mass is 346 g/mol. The van der Waals surface area contributed by atoms with Crippen LogP contribution in [0.15, 0.2) is 42.5 Å². The number of aromatic nitrogens is 1. The Bertz CT molecular complexity index is 861. The summed E-state index contributed by atoms with van der Waals surface area (Å²) < 4.78 is 0.676. The molecular weight excluding hydrogens is 332 g/mol. The molecule has 6 heteroatoms. The summed E-state index contributed by atoms with van der Waals surface area (Å²) >= 11 is 7.42. The molecule has 0 aliphatic rings. The first-order chi connectivity index (χ1) is 11.0. The fourth-order valence-corrected chi connectivity index (χ4v) is 3.28. The van der Waals surface area contributed by atoms with Gasteiger partial charge in [-0.1, -0.05) is 29.8 Å². The molecule has 0 spiro atoms. The molecule has 0 radical (unpaired) electrons. The van der Waals surface area contributed by atoms with Gasteiger partial charge in [-0.2, -0.15) is 0 Å². The van der Waals surface area contributed by atoms with Crippen molar-refractivity contribution in [2.75, 3.05) is 6.54 Å². The van der Waals surface area contributed by atoms with E-state index in [0.29, 0.717) is 15.6 Å². The molecule has 1 unspecified atom stereocenters. The lowest BCUT2D eigenvalue weighted by atomic mass is 10.1. The molecule has 1 amide bonds. The molecule has 2 heterocycles. The van der Waals surface area contributed by atoms with Crippen molar-refractivity contribution in [1.82, 2.24) is 10.3 Å². The first-order valence-corrected chi connectivity index (χ1v) is 8.36. The van der Waals surface area contributed by atoms with Crippen LogP contribution in [0, 0.1) is 0 Å². The lowest BCUT2D eigenvalue weighted by Crippen LogP contribution is -2.30. The number of para-hydroxylation sites is 1. The van der Waals surface area contributed by atoms with Crippen molar-refractivity contribution >= 4 is 39.7 Å². The number of halogens is 1. The van der Waals surface area contributed by atoms with Crippen LogP contribution in [0.25, 0.3) is 21.5 Å². The van der Waals surface area contributed by atoms with Crippen LogP contribution in [0.3, 0.4) is 0 Å². The Balaban J connectivity index is 2.09. The molecule has 1 atom stereocenters. The number of aliphatic hydroxyl groups is 1. The van der Waals surface area contributed by atoms with Crippen LogP contribution in [-0.2, 0) is 0 Å². The van der Waals surface area contributed by atoms with E-state index in [4.69, 9.17) is 11.6 Å². The van der Waals surface area contributed by atoms with Gasteiger partial charge in [0, 0.05) is 11.9 Å². The van der Waals surface area contributed by atoms with Crippen LogP contribution in [0.1, 0.15) is 17.3 Å². The van der Waals surface area contributed by atoms with Crippen LogP contribution < -0.4 is 5.32 Å². The molecule has 0 aliphatic carbocycles. The van der Waals surface area contributed by atoms with E-state index in [1.165, 1.54) is 11.3 Å². The van der Waals surface area contributed by atoms with Gasteiger partial charge in [0.25, 0.3) is 5.91 Å². The number of nitrogens with one attached hydrogen (secondary N) is 1. The number of hydrogen-bond acceptors (Lipinski definition) is 4. The van der Waals surface area contributed by atoms with Crippen molar-refractivity contribution in [2.24, 2.45) is 0 Å². The van der Waals surface area contributed by atoms with Crippen molar-refractivity contribution in [3.63, 3.8) is 0 Å². The maximum absolute atomic E-state index is 12.5. The summed E-state index contributed by atoms with van der Waals surface area (Å²) in [7, 11) is 0.